The van der Waals surface area contributed by atoms with Crippen LogP contribution in [-0.4, -0.2) is 55.2 Å². The molecule has 2 heterocycles. The predicted octanol–water partition coefficient (Wildman–Crippen LogP) is 1.00. The minimum Gasteiger partial charge on any atom is -0.379 e. The first-order valence-electron chi connectivity index (χ1n) is 6.83. The number of hydrogen-bond donors (Lipinski definition) is 2. The van der Waals surface area contributed by atoms with Gasteiger partial charge in [0.1, 0.15) is 0 Å². The Morgan fingerprint density at radius 1 is 1.26 bits per heavy atom. The van der Waals surface area contributed by atoms with Crippen LogP contribution >= 0.6 is 0 Å². The maximum absolute atomic E-state index is 12.2. The number of aryl methyl sites for hydroxylation is 2. The molecular formula is C14H23N3O2. The molecule has 0 aliphatic carbocycles. The lowest BCUT2D eigenvalue weighted by Crippen LogP contribution is -2.41. The average molecular weight is 265 g/mol. The maximum Gasteiger partial charge on any atom is 0.253 e. The predicted molar refractivity (Wildman–Crippen MR) is 74.6 cm³/mol. The summed E-state index contributed by atoms with van der Waals surface area (Å²) in [5, 5.41) is 3.00. The topological polar surface area (TPSA) is 57.4 Å². The molecule has 5 nitrogen and oxygen atoms in total. The van der Waals surface area contributed by atoms with Crippen LogP contribution in [0.1, 0.15) is 27.3 Å². The third-order valence-electron chi connectivity index (χ3n) is 3.73. The van der Waals surface area contributed by atoms with Crippen LogP contribution in [0.5, 0.6) is 0 Å². The van der Waals surface area contributed by atoms with E-state index < -0.39 is 0 Å². The Morgan fingerprint density at radius 3 is 2.53 bits per heavy atom. The van der Waals surface area contributed by atoms with Crippen molar-refractivity contribution in [3.05, 3.63) is 22.5 Å². The van der Waals surface area contributed by atoms with E-state index in [0.717, 1.165) is 55.4 Å². The fraction of sp³-hybridized carbons (Fsp3) is 0.643. The number of nitrogens with one attached hydrogen (secondary N) is 2. The summed E-state index contributed by atoms with van der Waals surface area (Å²) >= 11 is 0. The third-order valence-corrected chi connectivity index (χ3v) is 3.73. The van der Waals surface area contributed by atoms with Gasteiger partial charge in [0.2, 0.25) is 0 Å². The summed E-state index contributed by atoms with van der Waals surface area (Å²) in [6, 6.07) is 0. The van der Waals surface area contributed by atoms with Gasteiger partial charge in [-0.3, -0.25) is 9.69 Å². The normalized spacial score (nSPS) is 16.6. The SMILES string of the molecule is Cc1[nH]c(C)c(C(=O)NCCN2CCOCC2)c1C. The Labute approximate surface area is 114 Å². The molecule has 1 saturated heterocycles. The smallest absolute Gasteiger partial charge is 0.253 e. The van der Waals surface area contributed by atoms with Gasteiger partial charge >= 0.3 is 0 Å². The van der Waals surface area contributed by atoms with Crippen LogP contribution in [-0.2, 0) is 4.74 Å². The van der Waals surface area contributed by atoms with Crippen molar-refractivity contribution in [2.45, 2.75) is 20.8 Å². The quantitative estimate of drug-likeness (QED) is 0.854. The van der Waals surface area contributed by atoms with Crippen molar-refractivity contribution in [3.63, 3.8) is 0 Å². The lowest BCUT2D eigenvalue weighted by molar-refractivity contribution is 0.0383. The van der Waals surface area contributed by atoms with E-state index in [4.69, 9.17) is 4.74 Å². The summed E-state index contributed by atoms with van der Waals surface area (Å²) in [6.45, 7) is 11.0. The van der Waals surface area contributed by atoms with E-state index in [1.165, 1.54) is 0 Å². The van der Waals surface area contributed by atoms with E-state index in [-0.39, 0.29) is 5.91 Å². The van der Waals surface area contributed by atoms with Gasteiger partial charge in [-0.15, -0.1) is 0 Å². The molecule has 2 rings (SSSR count). The first-order chi connectivity index (χ1) is 9.09. The van der Waals surface area contributed by atoms with E-state index in [9.17, 15) is 4.79 Å². The van der Waals surface area contributed by atoms with E-state index in [1.54, 1.807) is 0 Å². The number of aromatic nitrogens is 1. The summed E-state index contributed by atoms with van der Waals surface area (Å²) in [6.07, 6.45) is 0. The molecule has 0 spiro atoms. The van der Waals surface area contributed by atoms with E-state index in [1.807, 2.05) is 20.8 Å². The van der Waals surface area contributed by atoms with Gasteiger partial charge in [-0.1, -0.05) is 0 Å². The van der Waals surface area contributed by atoms with Gasteiger partial charge in [0.05, 0.1) is 18.8 Å². The van der Waals surface area contributed by atoms with Gasteiger partial charge in [-0.25, -0.2) is 0 Å². The molecule has 2 N–H and O–H groups in total. The molecule has 0 saturated carbocycles. The molecule has 1 aromatic heterocycles. The van der Waals surface area contributed by atoms with Crippen molar-refractivity contribution in [1.82, 2.24) is 15.2 Å². The fourth-order valence-electron chi connectivity index (χ4n) is 2.49. The number of morpholine rings is 1. The third kappa shape index (κ3) is 3.36. The average Bonchev–Trinajstić information content (AvgIpc) is 2.64. The van der Waals surface area contributed by atoms with Gasteiger partial charge < -0.3 is 15.0 Å². The highest BCUT2D eigenvalue weighted by molar-refractivity contribution is 5.97. The minimum atomic E-state index is 0.0209. The van der Waals surface area contributed by atoms with Crippen LogP contribution in [0.25, 0.3) is 0 Å². The lowest BCUT2D eigenvalue weighted by atomic mass is 10.1. The highest BCUT2D eigenvalue weighted by Crippen LogP contribution is 2.16. The standard InChI is InChI=1S/C14H23N3O2/c1-10-11(2)16-12(3)13(10)14(18)15-4-5-17-6-8-19-9-7-17/h16H,4-9H2,1-3H3,(H,15,18). The number of nitrogens with zero attached hydrogens (tertiary/aromatic N) is 1. The van der Waals surface area contributed by atoms with Crippen LogP contribution in [0.2, 0.25) is 0 Å². The van der Waals surface area contributed by atoms with Crippen molar-refractivity contribution >= 4 is 5.91 Å². The molecule has 0 unspecified atom stereocenters. The zero-order valence-corrected chi connectivity index (χ0v) is 12.0. The Kier molecular flexibility index (Phi) is 4.61. The molecule has 1 amide bonds. The van der Waals surface area contributed by atoms with Crippen molar-refractivity contribution in [2.24, 2.45) is 0 Å². The van der Waals surface area contributed by atoms with Crippen molar-refractivity contribution in [2.75, 3.05) is 39.4 Å². The van der Waals surface area contributed by atoms with Gasteiger partial charge in [-0.2, -0.15) is 0 Å². The number of H-pyrrole nitrogens is 1. The zero-order valence-electron chi connectivity index (χ0n) is 12.0. The van der Waals surface area contributed by atoms with Crippen LogP contribution in [0.3, 0.4) is 0 Å². The van der Waals surface area contributed by atoms with Crippen LogP contribution in [0.15, 0.2) is 0 Å². The molecule has 0 bridgehead atoms. The zero-order chi connectivity index (χ0) is 13.8. The molecule has 0 atom stereocenters. The first-order valence-corrected chi connectivity index (χ1v) is 6.83. The minimum absolute atomic E-state index is 0.0209. The number of rotatable bonds is 4. The number of carbonyl (C=O) groups is 1. The van der Waals surface area contributed by atoms with Crippen molar-refractivity contribution < 1.29 is 9.53 Å². The molecule has 19 heavy (non-hydrogen) atoms. The molecule has 1 aromatic rings. The second kappa shape index (κ2) is 6.21. The highest BCUT2D eigenvalue weighted by atomic mass is 16.5. The van der Waals surface area contributed by atoms with Gasteiger partial charge in [-0.05, 0) is 26.3 Å². The maximum atomic E-state index is 12.2. The molecule has 1 aliphatic heterocycles. The Hall–Kier alpha value is -1.33. The summed E-state index contributed by atoms with van der Waals surface area (Å²) < 4.78 is 5.30. The van der Waals surface area contributed by atoms with E-state index in [0.29, 0.717) is 6.54 Å². The molecule has 106 valence electrons. The van der Waals surface area contributed by atoms with Crippen molar-refractivity contribution in [3.8, 4) is 0 Å². The van der Waals surface area contributed by atoms with Gasteiger partial charge in [0.25, 0.3) is 5.91 Å². The number of aromatic amines is 1. The van der Waals surface area contributed by atoms with Gasteiger partial charge in [0, 0.05) is 37.6 Å². The number of ether oxygens (including phenoxy) is 1. The molecule has 0 aromatic carbocycles. The van der Waals surface area contributed by atoms with Crippen LogP contribution < -0.4 is 5.32 Å². The number of amides is 1. The Bertz CT molecular complexity index is 448. The summed E-state index contributed by atoms with van der Waals surface area (Å²) in [5.74, 6) is 0.0209. The largest absolute Gasteiger partial charge is 0.379 e. The Balaban J connectivity index is 1.84. The van der Waals surface area contributed by atoms with Crippen LogP contribution in [0, 0.1) is 20.8 Å². The van der Waals surface area contributed by atoms with Crippen LogP contribution in [0.4, 0.5) is 0 Å². The number of carbonyl (C=O) groups excluding carboxylic acids is 1. The van der Waals surface area contributed by atoms with E-state index >= 15 is 0 Å². The summed E-state index contributed by atoms with van der Waals surface area (Å²) in [7, 11) is 0. The first kappa shape index (κ1) is 14.1. The monoisotopic (exact) mass is 265 g/mol. The molecular weight excluding hydrogens is 242 g/mol. The fourth-order valence-corrected chi connectivity index (χ4v) is 2.49. The number of hydrogen-bond acceptors (Lipinski definition) is 3. The summed E-state index contributed by atoms with van der Waals surface area (Å²) in [4.78, 5) is 17.7. The Morgan fingerprint density at radius 2 is 1.95 bits per heavy atom. The molecule has 0 radical (unpaired) electrons. The molecule has 1 fully saturated rings. The van der Waals surface area contributed by atoms with Gasteiger partial charge in [0.15, 0.2) is 0 Å². The summed E-state index contributed by atoms with van der Waals surface area (Å²) in [5.41, 5.74) is 3.84. The lowest BCUT2D eigenvalue weighted by Gasteiger charge is -2.26. The molecule has 1 aliphatic rings. The highest BCUT2D eigenvalue weighted by Gasteiger charge is 2.16. The second-order valence-corrected chi connectivity index (χ2v) is 5.08. The molecule has 5 heteroatoms. The second-order valence-electron chi connectivity index (χ2n) is 5.08. The van der Waals surface area contributed by atoms with E-state index in [2.05, 4.69) is 15.2 Å². The van der Waals surface area contributed by atoms with Crippen molar-refractivity contribution in [1.29, 1.82) is 0 Å².